The van der Waals surface area contributed by atoms with Gasteiger partial charge in [-0.2, -0.15) is 0 Å². The monoisotopic (exact) mass is 491 g/mol. The van der Waals surface area contributed by atoms with Crippen molar-refractivity contribution in [1.82, 2.24) is 0 Å². The van der Waals surface area contributed by atoms with Crippen LogP contribution in [0.25, 0.3) is 0 Å². The summed E-state index contributed by atoms with van der Waals surface area (Å²) < 4.78 is 0. The maximum Gasteiger partial charge on any atom is 0.257 e. The zero-order chi connectivity index (χ0) is 25.1. The molecule has 1 amide bonds. The molecular weight excluding hydrogens is 478 g/mol. The topological polar surface area (TPSA) is 97.4 Å². The van der Waals surface area contributed by atoms with Crippen LogP contribution in [0.1, 0.15) is 74.0 Å². The minimum atomic E-state index is -0.628. The Balaban J connectivity index is 1.35. The molecule has 0 bridgehead atoms. The summed E-state index contributed by atoms with van der Waals surface area (Å²) >= 11 is 6.50. The van der Waals surface area contributed by atoms with Gasteiger partial charge in [0.05, 0.1) is 16.1 Å². The first-order valence-corrected chi connectivity index (χ1v) is 11.4. The summed E-state index contributed by atoms with van der Waals surface area (Å²) in [6.07, 6.45) is 0. The summed E-state index contributed by atoms with van der Waals surface area (Å²) in [5.41, 5.74) is 2.00. The standard InChI is InChI=1S/C29H14ClNO5/c30-24-21(12-11-20-23(24)28(35)18-8-4-3-7-17(18)26(20)33)29(36)31-14-9-10-19-22(13-14)27(34)16-6-2-1-5-15(16)25(19)32/h1-13H,(H,31,36). The molecule has 0 spiro atoms. The molecule has 0 fully saturated rings. The van der Waals surface area contributed by atoms with Crippen LogP contribution >= 0.6 is 11.6 Å². The smallest absolute Gasteiger partial charge is 0.257 e. The van der Waals surface area contributed by atoms with Gasteiger partial charge in [0, 0.05) is 44.6 Å². The normalized spacial score (nSPS) is 13.5. The lowest BCUT2D eigenvalue weighted by Gasteiger charge is -2.20. The van der Waals surface area contributed by atoms with Crippen molar-refractivity contribution in [1.29, 1.82) is 0 Å². The zero-order valence-corrected chi connectivity index (χ0v) is 19.2. The molecule has 7 heteroatoms. The van der Waals surface area contributed by atoms with Crippen molar-refractivity contribution in [2.45, 2.75) is 0 Å². The molecule has 6 rings (SSSR count). The number of carbonyl (C=O) groups excluding carboxylic acids is 5. The molecule has 0 aromatic heterocycles. The van der Waals surface area contributed by atoms with Crippen LogP contribution in [0.5, 0.6) is 0 Å². The predicted octanol–water partition coefficient (Wildman–Crippen LogP) is 5.14. The third kappa shape index (κ3) is 3.08. The Labute approximate surface area is 209 Å². The van der Waals surface area contributed by atoms with Gasteiger partial charge in [0.2, 0.25) is 0 Å². The molecule has 6 nitrogen and oxygen atoms in total. The van der Waals surface area contributed by atoms with Crippen LogP contribution < -0.4 is 5.32 Å². The van der Waals surface area contributed by atoms with Crippen molar-refractivity contribution in [2.75, 3.05) is 5.32 Å². The Morgan fingerprint density at radius 1 is 0.556 bits per heavy atom. The van der Waals surface area contributed by atoms with Crippen LogP contribution in [-0.4, -0.2) is 29.0 Å². The number of hydrogen-bond acceptors (Lipinski definition) is 5. The van der Waals surface area contributed by atoms with Crippen molar-refractivity contribution in [3.63, 3.8) is 0 Å². The van der Waals surface area contributed by atoms with Gasteiger partial charge in [0.1, 0.15) is 0 Å². The molecule has 0 radical (unpaired) electrons. The van der Waals surface area contributed by atoms with Crippen LogP contribution in [0, 0.1) is 0 Å². The molecule has 2 aliphatic carbocycles. The number of amides is 1. The van der Waals surface area contributed by atoms with Crippen molar-refractivity contribution in [3.05, 3.63) is 134 Å². The van der Waals surface area contributed by atoms with Crippen molar-refractivity contribution in [2.24, 2.45) is 0 Å². The zero-order valence-electron chi connectivity index (χ0n) is 18.4. The van der Waals surface area contributed by atoms with Gasteiger partial charge in [-0.05, 0) is 30.3 Å². The Kier molecular flexibility index (Phi) is 4.81. The van der Waals surface area contributed by atoms with Gasteiger partial charge in [-0.3, -0.25) is 24.0 Å². The minimum absolute atomic E-state index is 0.00131. The second-order valence-electron chi connectivity index (χ2n) is 8.47. The third-order valence-electron chi connectivity index (χ3n) is 6.46. The Hall–Kier alpha value is -4.68. The highest BCUT2D eigenvalue weighted by molar-refractivity contribution is 6.41. The number of ketones is 4. The molecule has 0 heterocycles. The van der Waals surface area contributed by atoms with E-state index in [0.29, 0.717) is 11.1 Å². The van der Waals surface area contributed by atoms with Crippen molar-refractivity contribution >= 4 is 46.3 Å². The van der Waals surface area contributed by atoms with Gasteiger partial charge in [0.25, 0.3) is 5.91 Å². The number of hydrogen-bond donors (Lipinski definition) is 1. The molecule has 0 saturated heterocycles. The van der Waals surface area contributed by atoms with Gasteiger partial charge in [-0.15, -0.1) is 0 Å². The summed E-state index contributed by atoms with van der Waals surface area (Å²) in [7, 11) is 0. The SMILES string of the molecule is O=C1c2ccccc2C(=O)c2cc(NC(=O)c3ccc4c(c3Cl)C(=O)c3ccccc3C4=O)ccc21. The summed E-state index contributed by atoms with van der Waals surface area (Å²) in [5, 5.41) is 2.55. The van der Waals surface area contributed by atoms with E-state index in [0.717, 1.165) is 0 Å². The fourth-order valence-corrected chi connectivity index (χ4v) is 5.03. The van der Waals surface area contributed by atoms with Crippen LogP contribution in [0.2, 0.25) is 5.02 Å². The second-order valence-corrected chi connectivity index (χ2v) is 8.85. The largest absolute Gasteiger partial charge is 0.322 e. The maximum atomic E-state index is 13.1. The fourth-order valence-electron chi connectivity index (χ4n) is 4.70. The molecule has 36 heavy (non-hydrogen) atoms. The molecule has 4 aromatic carbocycles. The number of anilines is 1. The van der Waals surface area contributed by atoms with E-state index in [-0.39, 0.29) is 67.0 Å². The highest BCUT2D eigenvalue weighted by Crippen LogP contribution is 2.35. The van der Waals surface area contributed by atoms with E-state index < -0.39 is 11.7 Å². The number of nitrogens with one attached hydrogen (secondary N) is 1. The van der Waals surface area contributed by atoms with Gasteiger partial charge < -0.3 is 5.32 Å². The van der Waals surface area contributed by atoms with E-state index in [2.05, 4.69) is 5.32 Å². The predicted molar refractivity (Wildman–Crippen MR) is 132 cm³/mol. The fraction of sp³-hybridized carbons (Fsp3) is 0. The van der Waals surface area contributed by atoms with Gasteiger partial charge in [-0.25, -0.2) is 0 Å². The molecular formula is C29H14ClNO5. The second kappa shape index (κ2) is 7.93. The number of rotatable bonds is 2. The quantitative estimate of drug-likeness (QED) is 0.361. The lowest BCUT2D eigenvalue weighted by atomic mass is 9.83. The van der Waals surface area contributed by atoms with E-state index in [1.165, 1.54) is 30.3 Å². The molecule has 0 atom stereocenters. The molecule has 172 valence electrons. The number of benzene rings is 4. The average molecular weight is 492 g/mol. The summed E-state index contributed by atoms with van der Waals surface area (Å²) in [5.74, 6) is -1.98. The van der Waals surface area contributed by atoms with Gasteiger partial charge in [0.15, 0.2) is 23.1 Å². The van der Waals surface area contributed by atoms with E-state index in [1.807, 2.05) is 0 Å². The minimum Gasteiger partial charge on any atom is -0.322 e. The Morgan fingerprint density at radius 2 is 1.03 bits per heavy atom. The van der Waals surface area contributed by atoms with E-state index in [9.17, 15) is 24.0 Å². The van der Waals surface area contributed by atoms with E-state index in [1.54, 1.807) is 48.5 Å². The lowest BCUT2D eigenvalue weighted by Crippen LogP contribution is -2.23. The van der Waals surface area contributed by atoms with E-state index in [4.69, 9.17) is 11.6 Å². The number of halogens is 1. The number of carbonyl (C=O) groups is 5. The van der Waals surface area contributed by atoms with Crippen molar-refractivity contribution < 1.29 is 24.0 Å². The first-order valence-electron chi connectivity index (χ1n) is 11.0. The maximum absolute atomic E-state index is 13.1. The summed E-state index contributed by atoms with van der Waals surface area (Å²) in [6, 6.07) is 20.3. The van der Waals surface area contributed by atoms with Crippen molar-refractivity contribution in [3.8, 4) is 0 Å². The first-order chi connectivity index (χ1) is 17.4. The van der Waals surface area contributed by atoms with E-state index >= 15 is 0 Å². The third-order valence-corrected chi connectivity index (χ3v) is 6.85. The molecule has 2 aliphatic rings. The molecule has 0 saturated carbocycles. The first kappa shape index (κ1) is 21.8. The van der Waals surface area contributed by atoms with Crippen LogP contribution in [-0.2, 0) is 0 Å². The number of fused-ring (bicyclic) bond motifs is 4. The highest BCUT2D eigenvalue weighted by Gasteiger charge is 2.33. The van der Waals surface area contributed by atoms with Crippen LogP contribution in [0.4, 0.5) is 5.69 Å². The molecule has 1 N–H and O–H groups in total. The summed E-state index contributed by atoms with van der Waals surface area (Å²) in [4.78, 5) is 64.9. The molecule has 0 aliphatic heterocycles. The molecule has 4 aromatic rings. The van der Waals surface area contributed by atoms with Gasteiger partial charge >= 0.3 is 0 Å². The van der Waals surface area contributed by atoms with Crippen LogP contribution in [0.15, 0.2) is 78.9 Å². The highest BCUT2D eigenvalue weighted by atomic mass is 35.5. The molecule has 0 unspecified atom stereocenters. The Bertz CT molecular complexity index is 1720. The van der Waals surface area contributed by atoms with Crippen LogP contribution in [0.3, 0.4) is 0 Å². The Morgan fingerprint density at radius 3 is 1.64 bits per heavy atom. The average Bonchev–Trinajstić information content (AvgIpc) is 2.90. The summed E-state index contributed by atoms with van der Waals surface area (Å²) in [6.45, 7) is 0. The lowest BCUT2D eigenvalue weighted by molar-refractivity contribution is 0.0978. The van der Waals surface area contributed by atoms with Gasteiger partial charge in [-0.1, -0.05) is 60.1 Å².